The zero-order valence-corrected chi connectivity index (χ0v) is 29.1. The summed E-state index contributed by atoms with van der Waals surface area (Å²) in [5.74, 6) is -4.29. The molecule has 7 atom stereocenters. The van der Waals surface area contributed by atoms with Gasteiger partial charge in [-0.1, -0.05) is 0 Å². The van der Waals surface area contributed by atoms with E-state index in [2.05, 4.69) is 15.6 Å². The number of aliphatic hydroxyl groups is 1. The van der Waals surface area contributed by atoms with Gasteiger partial charge in [-0.15, -0.1) is 0 Å². The maximum absolute atomic E-state index is 14.1. The Morgan fingerprint density at radius 3 is 1.69 bits per heavy atom. The first-order valence-electron chi connectivity index (χ1n) is 17.7. The second kappa shape index (κ2) is 17.6. The van der Waals surface area contributed by atoms with Gasteiger partial charge in [-0.05, 0) is 71.1 Å². The maximum Gasteiger partial charge on any atom is 0.322 e. The van der Waals surface area contributed by atoms with Crippen molar-refractivity contribution in [1.29, 1.82) is 0 Å². The molecule has 0 spiro atoms. The Kier molecular flexibility index (Phi) is 13.6. The molecular formula is C32H52N10O9. The molecule has 0 aromatic rings. The highest BCUT2D eigenvalue weighted by molar-refractivity contribution is 5.98. The van der Waals surface area contributed by atoms with Gasteiger partial charge in [-0.25, -0.2) is 0 Å². The summed E-state index contributed by atoms with van der Waals surface area (Å²) in [6.07, 6.45) is 2.98. The summed E-state index contributed by atoms with van der Waals surface area (Å²) in [7, 11) is 0. The normalized spacial score (nSPS) is 24.9. The Morgan fingerprint density at radius 1 is 0.765 bits per heavy atom. The van der Waals surface area contributed by atoms with Gasteiger partial charge in [0.2, 0.25) is 35.4 Å². The second-order valence-corrected chi connectivity index (χ2v) is 13.7. The number of nitrogens with one attached hydrogen (secondary N) is 2. The van der Waals surface area contributed by atoms with Crippen LogP contribution in [0.5, 0.6) is 0 Å². The van der Waals surface area contributed by atoms with Gasteiger partial charge in [-0.3, -0.25) is 38.6 Å². The fourth-order valence-electron chi connectivity index (χ4n) is 7.50. The molecule has 0 aromatic carbocycles. The van der Waals surface area contributed by atoms with E-state index in [1.54, 1.807) is 0 Å². The number of hydrogen-bond acceptors (Lipinski definition) is 10. The molecule has 4 saturated heterocycles. The first-order chi connectivity index (χ1) is 24.2. The van der Waals surface area contributed by atoms with Gasteiger partial charge < -0.3 is 57.6 Å². The van der Waals surface area contributed by atoms with Crippen molar-refractivity contribution >= 4 is 47.4 Å². The molecule has 0 aromatic heterocycles. The second-order valence-electron chi connectivity index (χ2n) is 13.7. The van der Waals surface area contributed by atoms with Crippen molar-refractivity contribution in [2.75, 3.05) is 39.3 Å². The van der Waals surface area contributed by atoms with Crippen LogP contribution in [0.4, 0.5) is 0 Å². The summed E-state index contributed by atoms with van der Waals surface area (Å²) in [5.41, 5.74) is 16.6. The molecule has 4 aliphatic heterocycles. The summed E-state index contributed by atoms with van der Waals surface area (Å²) in [6, 6.07) is -5.76. The molecule has 19 heteroatoms. The van der Waals surface area contributed by atoms with Gasteiger partial charge in [-0.2, -0.15) is 0 Å². The van der Waals surface area contributed by atoms with Crippen LogP contribution >= 0.6 is 0 Å². The molecule has 4 fully saturated rings. The van der Waals surface area contributed by atoms with Crippen molar-refractivity contribution in [3.05, 3.63) is 0 Å². The van der Waals surface area contributed by atoms with Crippen molar-refractivity contribution < 1.29 is 43.8 Å². The minimum atomic E-state index is -1.36. The van der Waals surface area contributed by atoms with Crippen LogP contribution in [-0.4, -0.2) is 159 Å². The largest absolute Gasteiger partial charge is 0.480 e. The first kappa shape index (κ1) is 39.3. The molecule has 6 amide bonds. The van der Waals surface area contributed by atoms with Crippen LogP contribution in [0.15, 0.2) is 4.99 Å². The van der Waals surface area contributed by atoms with Crippen LogP contribution in [0, 0.1) is 0 Å². The van der Waals surface area contributed by atoms with Crippen LogP contribution in [-0.2, 0) is 33.6 Å². The summed E-state index contributed by atoms with van der Waals surface area (Å²) in [5, 5.41) is 24.3. The molecule has 0 bridgehead atoms. The van der Waals surface area contributed by atoms with E-state index >= 15 is 0 Å². The molecule has 4 rings (SSSR count). The summed E-state index contributed by atoms with van der Waals surface area (Å²) in [6.45, 7) is 2.16. The van der Waals surface area contributed by atoms with Crippen molar-refractivity contribution in [1.82, 2.24) is 30.2 Å². The predicted octanol–water partition coefficient (Wildman–Crippen LogP) is -3.60. The number of likely N-dealkylation sites (tertiary alicyclic amines) is 4. The molecule has 0 radical (unpaired) electrons. The van der Waals surface area contributed by atoms with Crippen LogP contribution in [0.3, 0.4) is 0 Å². The van der Waals surface area contributed by atoms with Gasteiger partial charge >= 0.3 is 5.97 Å². The lowest BCUT2D eigenvalue weighted by atomic mass is 10.1. The van der Waals surface area contributed by atoms with Crippen LogP contribution in [0.25, 0.3) is 0 Å². The highest BCUT2D eigenvalue weighted by Gasteiger charge is 2.48. The first-order valence-corrected chi connectivity index (χ1v) is 17.7. The van der Waals surface area contributed by atoms with Gasteiger partial charge in [0.05, 0.1) is 12.1 Å². The zero-order valence-electron chi connectivity index (χ0n) is 29.1. The number of rotatable bonds is 14. The SMILES string of the molecule is C[C@@H](O)[C@H](NC(=O)[C@@H](N)CCCN=C(N)N)C(=O)N1CCC[C@H]1C(=O)N1CCC[C@H]1C(=O)N1CCC[C@H]1C(=O)N1CCC[C@H]1C(=O)NCC(=O)O. The molecule has 4 aliphatic rings. The van der Waals surface area contributed by atoms with Crippen molar-refractivity contribution in [3.8, 4) is 0 Å². The quantitative estimate of drug-likeness (QED) is 0.0521. The summed E-state index contributed by atoms with van der Waals surface area (Å²) >= 11 is 0. The van der Waals surface area contributed by atoms with E-state index in [0.29, 0.717) is 70.9 Å². The molecule has 284 valence electrons. The minimum Gasteiger partial charge on any atom is -0.480 e. The fourth-order valence-corrected chi connectivity index (χ4v) is 7.50. The van der Waals surface area contributed by atoms with Gasteiger partial charge in [0.1, 0.15) is 36.8 Å². The Labute approximate surface area is 296 Å². The number of carboxylic acids is 1. The molecule has 0 unspecified atom stereocenters. The van der Waals surface area contributed by atoms with E-state index < -0.39 is 78.5 Å². The third kappa shape index (κ3) is 9.43. The molecule has 0 saturated carbocycles. The standard InChI is InChI=1S/C32H52N10O9/c1-18(43)25(38-26(46)19(33)7-2-12-36-32(34)35)31(51)42-16-6-11-23(42)30(50)41-15-5-10-22(41)29(49)40-14-4-9-21(40)28(48)39-13-3-8-20(39)27(47)37-17-24(44)45/h18-23,25,43H,2-17,33H2,1H3,(H,37,47)(H,38,46)(H,44,45)(H4,34,35,36)/t18-,19+,20+,21+,22+,23+,25+/m1/s1. The van der Waals surface area contributed by atoms with Crippen LogP contribution in [0.2, 0.25) is 0 Å². The topological polar surface area (TPSA) is 287 Å². The Balaban J connectivity index is 1.41. The summed E-state index contributed by atoms with van der Waals surface area (Å²) < 4.78 is 0. The number of nitrogens with two attached hydrogens (primary N) is 3. The summed E-state index contributed by atoms with van der Waals surface area (Å²) in [4.78, 5) is 102. The van der Waals surface area contributed by atoms with E-state index in [9.17, 15) is 38.7 Å². The lowest BCUT2D eigenvalue weighted by molar-refractivity contribution is -0.153. The van der Waals surface area contributed by atoms with E-state index in [1.165, 1.54) is 26.5 Å². The third-order valence-corrected chi connectivity index (χ3v) is 10.1. The number of carboxylic acid groups (broad SMARTS) is 1. The van der Waals surface area contributed by atoms with Crippen LogP contribution in [0.1, 0.15) is 71.1 Å². The molecule has 10 N–H and O–H groups in total. The third-order valence-electron chi connectivity index (χ3n) is 10.1. The number of amides is 6. The van der Waals surface area contributed by atoms with E-state index in [0.717, 1.165) is 0 Å². The molecule has 0 aliphatic carbocycles. The van der Waals surface area contributed by atoms with E-state index in [1.807, 2.05) is 0 Å². The van der Waals surface area contributed by atoms with E-state index in [-0.39, 0.29) is 43.8 Å². The van der Waals surface area contributed by atoms with Crippen molar-refractivity contribution in [2.45, 2.75) is 113 Å². The highest BCUT2D eigenvalue weighted by atomic mass is 16.4. The van der Waals surface area contributed by atoms with E-state index in [4.69, 9.17) is 22.3 Å². The molecule has 51 heavy (non-hydrogen) atoms. The fraction of sp³-hybridized carbons (Fsp3) is 0.750. The smallest absolute Gasteiger partial charge is 0.322 e. The molecule has 4 heterocycles. The van der Waals surface area contributed by atoms with Gasteiger partial charge in [0, 0.05) is 32.7 Å². The number of carbonyl (C=O) groups excluding carboxylic acids is 6. The Bertz CT molecular complexity index is 1370. The number of carbonyl (C=O) groups is 7. The number of aliphatic imine (C=N–C) groups is 1. The lowest BCUT2D eigenvalue weighted by Gasteiger charge is -2.36. The number of guanidine groups is 1. The zero-order chi connectivity index (χ0) is 37.4. The maximum atomic E-state index is 14.1. The van der Waals surface area contributed by atoms with Gasteiger partial charge in [0.25, 0.3) is 0 Å². The van der Waals surface area contributed by atoms with Crippen molar-refractivity contribution in [3.63, 3.8) is 0 Å². The average molecular weight is 721 g/mol. The number of aliphatic carboxylic acids is 1. The minimum absolute atomic E-state index is 0.0855. The van der Waals surface area contributed by atoms with Gasteiger partial charge in [0.15, 0.2) is 5.96 Å². The average Bonchev–Trinajstić information content (AvgIpc) is 3.92. The Hall–Kier alpha value is -4.52. The highest BCUT2D eigenvalue weighted by Crippen LogP contribution is 2.30. The Morgan fingerprint density at radius 2 is 1.22 bits per heavy atom. The molecule has 19 nitrogen and oxygen atoms in total. The molecular weight excluding hydrogens is 668 g/mol. The number of hydrogen-bond donors (Lipinski definition) is 7. The monoisotopic (exact) mass is 720 g/mol. The lowest BCUT2D eigenvalue weighted by Crippen LogP contribution is -2.60. The number of aliphatic hydroxyl groups excluding tert-OH is 1. The van der Waals surface area contributed by atoms with Crippen LogP contribution < -0.4 is 27.8 Å². The number of nitrogens with zero attached hydrogens (tertiary/aromatic N) is 5. The van der Waals surface area contributed by atoms with Crippen molar-refractivity contribution in [2.24, 2.45) is 22.2 Å². The predicted molar refractivity (Wildman–Crippen MR) is 181 cm³/mol.